The summed E-state index contributed by atoms with van der Waals surface area (Å²) in [4.78, 5) is 0. The van der Waals surface area contributed by atoms with E-state index >= 15 is 0 Å². The number of rotatable bonds is 7. The summed E-state index contributed by atoms with van der Waals surface area (Å²) in [6.45, 7) is 26.3. The number of hydrogen-bond acceptors (Lipinski definition) is 0. The van der Waals surface area contributed by atoms with Gasteiger partial charge in [-0.3, -0.25) is 18.7 Å². The molecule has 0 aromatic rings. The van der Waals surface area contributed by atoms with Crippen LogP contribution in [0.1, 0.15) is 178 Å². The first-order valence-corrected chi connectivity index (χ1v) is 11.4. The third kappa shape index (κ3) is 326. The molecule has 0 aliphatic carbocycles. The Bertz CT molecular complexity index is 181. The minimum atomic E-state index is 0. The Morgan fingerprint density at radius 1 is 0.500 bits per heavy atom. The average molecular weight is 857 g/mol. The van der Waals surface area contributed by atoms with Gasteiger partial charge in [0.1, 0.15) is 0 Å². The first kappa shape index (κ1) is 97.6. The van der Waals surface area contributed by atoms with E-state index in [1.807, 2.05) is 46.8 Å². The molecule has 0 nitrogen and oxygen atoms in total. The van der Waals surface area contributed by atoms with E-state index in [-0.39, 0.29) is 159 Å². The molecule has 3 radical (unpaired) electrons. The molecule has 36 heavy (non-hydrogen) atoms. The van der Waals surface area contributed by atoms with Crippen LogP contribution >= 0.6 is 24.0 Å². The van der Waals surface area contributed by atoms with E-state index in [2.05, 4.69) is 66.3 Å². The van der Waals surface area contributed by atoms with Crippen molar-refractivity contribution in [3.05, 3.63) is 37.0 Å². The summed E-state index contributed by atoms with van der Waals surface area (Å²) in [5.41, 5.74) is 0. The van der Waals surface area contributed by atoms with Gasteiger partial charge in [0, 0.05) is 98.1 Å². The van der Waals surface area contributed by atoms with Crippen LogP contribution in [0.3, 0.4) is 0 Å². The van der Waals surface area contributed by atoms with Crippen LogP contribution in [0.25, 0.3) is 0 Å². The second kappa shape index (κ2) is 159. The van der Waals surface area contributed by atoms with E-state index in [0.717, 1.165) is 6.42 Å². The van der Waals surface area contributed by atoms with Crippen molar-refractivity contribution in [1.82, 2.24) is 0 Å². The molecule has 4 heteroatoms. The molecule has 0 bridgehead atoms. The fourth-order valence-electron chi connectivity index (χ4n) is 1.06. The summed E-state index contributed by atoms with van der Waals surface area (Å²) in [6.07, 6.45) is 25.2. The molecule has 0 aliphatic rings. The van der Waals surface area contributed by atoms with E-state index in [1.165, 1.54) is 57.8 Å². The minimum Gasteiger partial charge on any atom is -0.504 e. The Labute approximate surface area is 331 Å². The molecular formula is C32H78IY3-3. The van der Waals surface area contributed by atoms with Crippen molar-refractivity contribution in [3.8, 4) is 0 Å². The first-order valence-electron chi connectivity index (χ1n) is 11.4. The van der Waals surface area contributed by atoms with Crippen LogP contribution in [0.2, 0.25) is 0 Å². The van der Waals surface area contributed by atoms with Crippen molar-refractivity contribution >= 4 is 24.0 Å². The molecule has 225 valence electrons. The van der Waals surface area contributed by atoms with Gasteiger partial charge in [0.25, 0.3) is 0 Å². The molecular weight excluding hydrogens is 778 g/mol. The number of halogens is 1. The van der Waals surface area contributed by atoms with Gasteiger partial charge >= 0.3 is 0 Å². The third-order valence-electron chi connectivity index (χ3n) is 2.95. The summed E-state index contributed by atoms with van der Waals surface area (Å²) in [6, 6.07) is 0. The predicted molar refractivity (Wildman–Crippen MR) is 182 cm³/mol. The Balaban J connectivity index is -0.0000000108. The van der Waals surface area contributed by atoms with Gasteiger partial charge in [-0.1, -0.05) is 157 Å². The number of allylic oxidation sites excluding steroid dienone is 5. The molecule has 0 atom stereocenters. The van der Waals surface area contributed by atoms with Crippen molar-refractivity contribution < 1.29 is 98.1 Å². The smallest absolute Gasteiger partial charge is 0 e. The minimum absolute atomic E-state index is 0. The summed E-state index contributed by atoms with van der Waals surface area (Å²) in [7, 11) is 0. The monoisotopic (exact) mass is 856 g/mol. The van der Waals surface area contributed by atoms with Gasteiger partial charge in [0.15, 0.2) is 0 Å². The van der Waals surface area contributed by atoms with Crippen LogP contribution in [0.5, 0.6) is 0 Å². The summed E-state index contributed by atoms with van der Waals surface area (Å²) in [5.74, 6) is 0. The second-order valence-electron chi connectivity index (χ2n) is 5.82. The van der Waals surface area contributed by atoms with E-state index in [1.54, 1.807) is 0 Å². The van der Waals surface area contributed by atoms with Gasteiger partial charge in [-0.25, -0.2) is 0 Å². The molecule has 0 amide bonds. The summed E-state index contributed by atoms with van der Waals surface area (Å²) < 4.78 is 0. The van der Waals surface area contributed by atoms with Gasteiger partial charge in [-0.05, 0) is 0 Å². The van der Waals surface area contributed by atoms with Crippen LogP contribution in [-0.2, 0) is 98.1 Å². The maximum atomic E-state index is 3.35. The van der Waals surface area contributed by atoms with Gasteiger partial charge in [0.2, 0.25) is 0 Å². The molecule has 0 spiro atoms. The van der Waals surface area contributed by atoms with Gasteiger partial charge in [-0.2, -0.15) is 20.3 Å². The zero-order valence-corrected chi connectivity index (χ0v) is 34.4. The molecule has 0 rings (SSSR count). The van der Waals surface area contributed by atoms with Gasteiger partial charge < -0.3 is 18.2 Å². The molecule has 0 fully saturated rings. The van der Waals surface area contributed by atoms with Crippen LogP contribution in [-0.4, -0.2) is 0 Å². The van der Waals surface area contributed by atoms with Crippen molar-refractivity contribution in [2.24, 2.45) is 0 Å². The fourth-order valence-corrected chi connectivity index (χ4v) is 1.06. The predicted octanol–water partition coefficient (Wildman–Crippen LogP) is 14.5. The number of hydrogen-bond donors (Lipinski definition) is 0. The molecule has 0 aromatic carbocycles. The average Bonchev–Trinajstić information content (AvgIpc) is 2.71. The van der Waals surface area contributed by atoms with Crippen molar-refractivity contribution in [2.75, 3.05) is 0 Å². The molecule has 0 heterocycles. The Morgan fingerprint density at radius 2 is 0.611 bits per heavy atom. The summed E-state index contributed by atoms with van der Waals surface area (Å²) >= 11 is 0. The topological polar surface area (TPSA) is 0 Å². The van der Waals surface area contributed by atoms with Crippen LogP contribution in [0, 0.1) is 18.2 Å². The van der Waals surface area contributed by atoms with Gasteiger partial charge in [0.05, 0.1) is 0 Å². The van der Waals surface area contributed by atoms with E-state index in [9.17, 15) is 0 Å². The first-order chi connectivity index (χ1) is 13.0. The Morgan fingerprint density at radius 3 is 0.611 bits per heavy atom. The zero-order valence-electron chi connectivity index (χ0n) is 23.6. The van der Waals surface area contributed by atoms with Gasteiger partial charge in [-0.15, -0.1) is 24.0 Å². The largest absolute Gasteiger partial charge is 0.504 e. The molecule has 0 unspecified atom stereocenters. The third-order valence-corrected chi connectivity index (χ3v) is 2.95. The van der Waals surface area contributed by atoms with E-state index in [0.29, 0.717) is 0 Å². The molecule has 0 saturated heterocycles. The van der Waals surface area contributed by atoms with Crippen molar-refractivity contribution in [2.45, 2.75) is 178 Å². The zero-order chi connectivity index (χ0) is 22.6. The van der Waals surface area contributed by atoms with E-state index in [4.69, 9.17) is 0 Å². The second-order valence-corrected chi connectivity index (χ2v) is 5.82. The standard InChI is InChI=1S/3C5H12.3C4H7.5CH4.HI.3Y/c3*1-3-5-4-2;3*1-3-4-2;;;;;;;;;/h3*3-5H2,1-2H3;2*3H,1-2H3;1,4H2,2H3;5*1H4;1H;;;/q;;;3*-1;;;;;;;;;. The Kier molecular flexibility index (Phi) is 432. The van der Waals surface area contributed by atoms with E-state index < -0.39 is 0 Å². The molecule has 0 N–H and O–H groups in total. The van der Waals surface area contributed by atoms with Crippen molar-refractivity contribution in [1.29, 1.82) is 0 Å². The molecule has 0 aromatic heterocycles. The van der Waals surface area contributed by atoms with Crippen LogP contribution < -0.4 is 0 Å². The van der Waals surface area contributed by atoms with Crippen LogP contribution in [0.4, 0.5) is 0 Å². The normalized spacial score (nSPS) is 6.31. The maximum Gasteiger partial charge on any atom is 0 e. The van der Waals surface area contributed by atoms with Crippen molar-refractivity contribution in [3.63, 3.8) is 0 Å². The fraction of sp³-hybridized carbons (Fsp3) is 0.812. The van der Waals surface area contributed by atoms with Crippen LogP contribution in [0.15, 0.2) is 18.7 Å². The molecule has 0 aliphatic heterocycles. The SMILES string of the molecule is C.C.C.C.C.C=[C-]CC.CCCCC.CCCCC.CCCCC.C[C-]=CC.C[C-]=CC.I.[Y].[Y].[Y]. The molecule has 0 saturated carbocycles. The number of unbranched alkanes of at least 4 members (excludes halogenated alkanes) is 6. The Hall–Kier alpha value is 3.26. The maximum absolute atomic E-state index is 3.35. The summed E-state index contributed by atoms with van der Waals surface area (Å²) in [5, 5.41) is 0. The quantitative estimate of drug-likeness (QED) is 0.177.